The van der Waals surface area contributed by atoms with Crippen molar-refractivity contribution in [3.05, 3.63) is 175 Å². The average Bonchev–Trinajstić information content (AvgIpc) is 3.83. The highest BCUT2D eigenvalue weighted by atomic mass is 32.1. The maximum atomic E-state index is 2.67. The van der Waals surface area contributed by atoms with Gasteiger partial charge in [-0.05, 0) is 96.3 Å². The van der Waals surface area contributed by atoms with E-state index in [1.54, 1.807) is 0 Å². The summed E-state index contributed by atoms with van der Waals surface area (Å²) in [6.45, 7) is 14.2. The van der Waals surface area contributed by atoms with Crippen molar-refractivity contribution in [3.63, 3.8) is 0 Å². The van der Waals surface area contributed by atoms with Crippen molar-refractivity contribution in [3.8, 4) is 0 Å². The van der Waals surface area contributed by atoms with Crippen molar-refractivity contribution in [1.82, 2.24) is 0 Å². The molecule has 9 aromatic carbocycles. The fourth-order valence-corrected chi connectivity index (χ4v) is 13.3. The molecule has 0 atom stereocenters. The SMILES string of the molecule is CC(C)(C)c1ccc2ccccc2c1N1c2cc3sc4ccccc4c3cc2B2c3cc4c(cc3N(c3c(C(C)(C)C)ccc5ccccc35)c3cccc1c32)sc1ccccc14. The summed E-state index contributed by atoms with van der Waals surface area (Å²) in [7, 11) is 0. The minimum Gasteiger partial charge on any atom is -0.310 e. The lowest BCUT2D eigenvalue weighted by Crippen LogP contribution is -2.61. The predicted molar refractivity (Wildman–Crippen MR) is 279 cm³/mol. The second-order valence-corrected chi connectivity index (χ2v) is 21.9. The number of fused-ring (bicyclic) bond motifs is 12. The lowest BCUT2D eigenvalue weighted by atomic mass is 9.33. The highest BCUT2D eigenvalue weighted by Gasteiger charge is 2.45. The van der Waals surface area contributed by atoms with Crippen molar-refractivity contribution in [1.29, 1.82) is 0 Å². The fourth-order valence-electron chi connectivity index (χ4n) is 11.1. The molecule has 2 nitrogen and oxygen atoms in total. The molecule has 2 aromatic heterocycles. The first-order valence-electron chi connectivity index (χ1n) is 22.2. The van der Waals surface area contributed by atoms with Gasteiger partial charge in [-0.3, -0.25) is 0 Å². The van der Waals surface area contributed by atoms with Crippen LogP contribution >= 0.6 is 22.7 Å². The zero-order valence-corrected chi connectivity index (χ0v) is 38.0. The predicted octanol–water partition coefficient (Wildman–Crippen LogP) is 15.4. The molecule has 0 saturated heterocycles. The molecule has 0 unspecified atom stereocenters. The van der Waals surface area contributed by atoms with Gasteiger partial charge < -0.3 is 9.80 Å². The molecule has 11 aromatic rings. The van der Waals surface area contributed by atoms with Gasteiger partial charge in [-0.2, -0.15) is 0 Å². The first-order valence-corrected chi connectivity index (χ1v) is 23.8. The number of nitrogens with zero attached hydrogens (tertiary/aromatic N) is 2. The Kier molecular flexibility index (Phi) is 7.72. The number of hydrogen-bond donors (Lipinski definition) is 0. The number of anilines is 6. The van der Waals surface area contributed by atoms with Gasteiger partial charge in [0, 0.05) is 63.1 Å². The Labute approximate surface area is 376 Å². The van der Waals surface area contributed by atoms with Gasteiger partial charge in [-0.1, -0.05) is 169 Å². The van der Waals surface area contributed by atoms with E-state index in [0.29, 0.717) is 0 Å². The second kappa shape index (κ2) is 13.1. The van der Waals surface area contributed by atoms with Crippen LogP contribution in [0.25, 0.3) is 61.9 Å². The molecule has 302 valence electrons. The monoisotopic (exact) mass is 844 g/mol. The topological polar surface area (TPSA) is 6.48 Å². The number of rotatable bonds is 2. The molecule has 13 rings (SSSR count). The van der Waals surface area contributed by atoms with E-state index in [4.69, 9.17) is 0 Å². The van der Waals surface area contributed by atoms with Crippen LogP contribution in [-0.4, -0.2) is 6.71 Å². The van der Waals surface area contributed by atoms with Crippen LogP contribution in [0.1, 0.15) is 52.7 Å². The zero-order chi connectivity index (χ0) is 42.5. The standard InChI is InChI=1S/C58H45BN2S2/c1-57(2,3)42-28-26-34-16-7-9-18-36(34)55(42)60-46-22-15-23-47-54(46)59(44-30-40-38-20-11-13-24-50(38)62-52(40)32-48(44)60)45-31-41-39-21-12-14-25-51(39)63-53(41)33-49(45)61(47)56-37-19-10-8-17-35(37)27-29-43(56)58(4,5)6/h7-33H,1-6H3. The van der Waals surface area contributed by atoms with Gasteiger partial charge in [0.25, 0.3) is 6.71 Å². The van der Waals surface area contributed by atoms with Crippen molar-refractivity contribution in [2.75, 3.05) is 9.80 Å². The molecule has 0 saturated carbocycles. The Morgan fingerprint density at radius 2 is 0.778 bits per heavy atom. The molecule has 0 radical (unpaired) electrons. The molecular weight excluding hydrogens is 800 g/mol. The van der Waals surface area contributed by atoms with Gasteiger partial charge in [0.05, 0.1) is 11.4 Å². The van der Waals surface area contributed by atoms with Crippen LogP contribution in [0.15, 0.2) is 164 Å². The number of hydrogen-bond acceptors (Lipinski definition) is 4. The van der Waals surface area contributed by atoms with E-state index in [-0.39, 0.29) is 17.5 Å². The van der Waals surface area contributed by atoms with Crippen molar-refractivity contribution in [2.24, 2.45) is 0 Å². The fraction of sp³-hybridized carbons (Fsp3) is 0.138. The van der Waals surface area contributed by atoms with E-state index in [0.717, 1.165) is 0 Å². The lowest BCUT2D eigenvalue weighted by molar-refractivity contribution is 0.591. The summed E-state index contributed by atoms with van der Waals surface area (Å²) >= 11 is 3.82. The molecule has 0 N–H and O–H groups in total. The zero-order valence-electron chi connectivity index (χ0n) is 36.4. The summed E-state index contributed by atoms with van der Waals surface area (Å²) in [6.07, 6.45) is 0. The molecule has 63 heavy (non-hydrogen) atoms. The lowest BCUT2D eigenvalue weighted by Gasteiger charge is -2.46. The summed E-state index contributed by atoms with van der Waals surface area (Å²) in [5.41, 5.74) is 14.1. The largest absolute Gasteiger partial charge is 0.310 e. The molecule has 5 heteroatoms. The van der Waals surface area contributed by atoms with Crippen LogP contribution in [0, 0.1) is 0 Å². The summed E-state index contributed by atoms with van der Waals surface area (Å²) in [6, 6.07) is 62.8. The average molecular weight is 845 g/mol. The van der Waals surface area contributed by atoms with Gasteiger partial charge in [0.1, 0.15) is 0 Å². The Balaban J connectivity index is 1.23. The van der Waals surface area contributed by atoms with E-state index in [1.165, 1.54) is 124 Å². The van der Waals surface area contributed by atoms with Gasteiger partial charge in [-0.25, -0.2) is 0 Å². The molecule has 0 spiro atoms. The van der Waals surface area contributed by atoms with E-state index in [9.17, 15) is 0 Å². The van der Waals surface area contributed by atoms with E-state index in [2.05, 4.69) is 215 Å². The van der Waals surface area contributed by atoms with E-state index >= 15 is 0 Å². The minimum absolute atomic E-state index is 0.0130. The number of benzene rings is 9. The Bertz CT molecular complexity index is 3510. The van der Waals surface area contributed by atoms with Crippen molar-refractivity contribution >= 4 is 142 Å². The first kappa shape index (κ1) is 37.2. The van der Waals surface area contributed by atoms with Crippen LogP contribution in [0.3, 0.4) is 0 Å². The summed E-state index contributed by atoms with van der Waals surface area (Å²) < 4.78 is 5.29. The van der Waals surface area contributed by atoms with E-state index < -0.39 is 0 Å². The normalized spacial score (nSPS) is 13.8. The maximum Gasteiger partial charge on any atom is 0.252 e. The highest BCUT2D eigenvalue weighted by molar-refractivity contribution is 7.26. The Morgan fingerprint density at radius 1 is 0.365 bits per heavy atom. The molecule has 2 aliphatic heterocycles. The quantitative estimate of drug-likeness (QED) is 0.160. The number of thiophene rings is 2. The summed E-state index contributed by atoms with van der Waals surface area (Å²) in [5, 5.41) is 10.4. The third kappa shape index (κ3) is 5.30. The first-order chi connectivity index (χ1) is 30.5. The van der Waals surface area contributed by atoms with Crippen molar-refractivity contribution in [2.45, 2.75) is 52.4 Å². The molecular formula is C58H45BN2S2. The van der Waals surface area contributed by atoms with Crippen LogP contribution in [-0.2, 0) is 10.8 Å². The van der Waals surface area contributed by atoms with Gasteiger partial charge in [0.15, 0.2) is 0 Å². The smallest absolute Gasteiger partial charge is 0.252 e. The third-order valence-electron chi connectivity index (χ3n) is 13.9. The van der Waals surface area contributed by atoms with Crippen LogP contribution in [0.4, 0.5) is 34.1 Å². The maximum absolute atomic E-state index is 2.67. The summed E-state index contributed by atoms with van der Waals surface area (Å²) in [5.74, 6) is 0. The highest BCUT2D eigenvalue weighted by Crippen LogP contribution is 2.53. The van der Waals surface area contributed by atoms with Gasteiger partial charge >= 0.3 is 0 Å². The Morgan fingerprint density at radius 3 is 1.22 bits per heavy atom. The molecule has 0 aliphatic carbocycles. The molecule has 2 aliphatic rings. The van der Waals surface area contributed by atoms with Gasteiger partial charge in [0.2, 0.25) is 0 Å². The van der Waals surface area contributed by atoms with Crippen molar-refractivity contribution < 1.29 is 0 Å². The van der Waals surface area contributed by atoms with Crippen LogP contribution in [0.5, 0.6) is 0 Å². The Hall–Kier alpha value is -6.40. The second-order valence-electron chi connectivity index (χ2n) is 19.7. The van der Waals surface area contributed by atoms with Gasteiger partial charge in [-0.15, -0.1) is 22.7 Å². The molecule has 4 heterocycles. The molecule has 0 fully saturated rings. The minimum atomic E-state index is -0.123. The summed E-state index contributed by atoms with van der Waals surface area (Å²) in [4.78, 5) is 5.35. The van der Waals surface area contributed by atoms with E-state index in [1.807, 2.05) is 22.7 Å². The van der Waals surface area contributed by atoms with Crippen LogP contribution in [0.2, 0.25) is 0 Å². The molecule has 0 amide bonds. The molecule has 0 bridgehead atoms. The van der Waals surface area contributed by atoms with Crippen LogP contribution < -0.4 is 26.2 Å². The third-order valence-corrected chi connectivity index (χ3v) is 16.1.